The van der Waals surface area contributed by atoms with Crippen molar-refractivity contribution < 1.29 is 32.3 Å². The highest BCUT2D eigenvalue weighted by Gasteiger charge is 2.39. The number of nitrogens with zero attached hydrogens (tertiary/aromatic N) is 5. The second-order valence-electron chi connectivity index (χ2n) is 9.59. The van der Waals surface area contributed by atoms with Gasteiger partial charge >= 0.3 is 12.1 Å². The predicted molar refractivity (Wildman–Crippen MR) is 139 cm³/mol. The predicted octanol–water partition coefficient (Wildman–Crippen LogP) is 2.35. The lowest BCUT2D eigenvalue weighted by molar-refractivity contribution is -0.192. The van der Waals surface area contributed by atoms with Gasteiger partial charge in [-0.3, -0.25) is 4.79 Å². The van der Waals surface area contributed by atoms with Gasteiger partial charge in [0.1, 0.15) is 6.17 Å². The molecular formula is C25H28F4N8O3. The number of hydrogen-bond acceptors (Lipinski definition) is 8. The molecule has 2 atom stereocenters. The number of imidazole rings is 1. The molecule has 2 fully saturated rings. The highest BCUT2D eigenvalue weighted by molar-refractivity contribution is 5.94. The van der Waals surface area contributed by atoms with Gasteiger partial charge in [-0.1, -0.05) is 6.07 Å². The van der Waals surface area contributed by atoms with Gasteiger partial charge in [-0.25, -0.2) is 18.7 Å². The number of anilines is 4. The van der Waals surface area contributed by atoms with Crippen molar-refractivity contribution in [1.29, 1.82) is 0 Å². The van der Waals surface area contributed by atoms with Crippen LogP contribution in [0.3, 0.4) is 0 Å². The Kier molecular flexibility index (Phi) is 7.40. The van der Waals surface area contributed by atoms with Crippen LogP contribution in [-0.2, 0) is 11.2 Å². The minimum atomic E-state index is -5.08. The topological polar surface area (TPSA) is 127 Å². The van der Waals surface area contributed by atoms with Gasteiger partial charge in [0.25, 0.3) is 5.91 Å². The summed E-state index contributed by atoms with van der Waals surface area (Å²) in [5, 5.41) is 21.2. The van der Waals surface area contributed by atoms with Crippen LogP contribution in [0.2, 0.25) is 0 Å². The van der Waals surface area contributed by atoms with Crippen LogP contribution in [-0.4, -0.2) is 89.7 Å². The standard InChI is InChI=1S/C23H27FN8O.C2HF3O2/c1-25-17-12-21(29-32-20(13-27-22(17)32)23(33)28-16-11-15(16)24)31-8-5-14-18(3-2-4-19(14)31)30-9-6-26-7-10-30;3-2(4,5)1(6)7/h2-4,12-13,15-16,25-26H,5-11H2,1H3,(H,28,33);(H,6,7)/t15-,16+;/m0./s1. The number of fused-ring (bicyclic) bond motifs is 2. The zero-order valence-corrected chi connectivity index (χ0v) is 21.5. The van der Waals surface area contributed by atoms with Crippen LogP contribution >= 0.6 is 0 Å². The molecule has 0 unspecified atom stereocenters. The van der Waals surface area contributed by atoms with E-state index in [4.69, 9.17) is 15.0 Å². The minimum Gasteiger partial charge on any atom is -0.475 e. The quantitative estimate of drug-likeness (QED) is 0.346. The molecule has 1 aliphatic carbocycles. The summed E-state index contributed by atoms with van der Waals surface area (Å²) in [4.78, 5) is 30.7. The van der Waals surface area contributed by atoms with Crippen molar-refractivity contribution in [2.24, 2.45) is 0 Å². The summed E-state index contributed by atoms with van der Waals surface area (Å²) < 4.78 is 46.6. The Morgan fingerprint density at radius 1 is 1.15 bits per heavy atom. The third kappa shape index (κ3) is 5.46. The summed E-state index contributed by atoms with van der Waals surface area (Å²) in [5.41, 5.74) is 5.41. The van der Waals surface area contributed by atoms with Crippen molar-refractivity contribution in [3.63, 3.8) is 0 Å². The van der Waals surface area contributed by atoms with Gasteiger partial charge in [0.2, 0.25) is 0 Å². The van der Waals surface area contributed by atoms with E-state index in [2.05, 4.69) is 48.9 Å². The lowest BCUT2D eigenvalue weighted by Gasteiger charge is -2.31. The van der Waals surface area contributed by atoms with Gasteiger partial charge in [0, 0.05) is 69.2 Å². The average Bonchev–Trinajstić information content (AvgIpc) is 3.30. The van der Waals surface area contributed by atoms with Crippen LogP contribution in [0, 0.1) is 0 Å². The van der Waals surface area contributed by atoms with E-state index >= 15 is 0 Å². The van der Waals surface area contributed by atoms with Crippen molar-refractivity contribution in [3.8, 4) is 0 Å². The number of carbonyl (C=O) groups is 2. The highest BCUT2D eigenvalue weighted by atomic mass is 19.4. The summed E-state index contributed by atoms with van der Waals surface area (Å²) in [6.45, 7) is 4.79. The number of nitrogens with one attached hydrogen (secondary N) is 3. The molecule has 3 aromatic rings. The second kappa shape index (κ2) is 10.8. The molecule has 0 spiro atoms. The number of aliphatic carboxylic acids is 1. The third-order valence-corrected chi connectivity index (χ3v) is 6.97. The number of carbonyl (C=O) groups excluding carboxylic acids is 1. The van der Waals surface area contributed by atoms with Gasteiger partial charge < -0.3 is 30.9 Å². The van der Waals surface area contributed by atoms with Crippen LogP contribution in [0.5, 0.6) is 0 Å². The molecule has 11 nitrogen and oxygen atoms in total. The Bertz CT molecular complexity index is 1420. The van der Waals surface area contributed by atoms with Gasteiger partial charge in [0.05, 0.1) is 17.9 Å². The number of rotatable bonds is 5. The molecule has 3 aliphatic rings. The van der Waals surface area contributed by atoms with Crippen molar-refractivity contribution in [2.75, 3.05) is 54.9 Å². The van der Waals surface area contributed by atoms with E-state index in [0.29, 0.717) is 17.8 Å². The number of amides is 1. The maximum absolute atomic E-state index is 13.3. The van der Waals surface area contributed by atoms with E-state index in [-0.39, 0.29) is 5.91 Å². The SMILES string of the molecule is CNc1cc(N2CCc3c(N4CCNCC4)cccc32)nn2c(C(=O)N[C@@H]3C[C@@H]3F)cnc12.O=C(O)C(F)(F)F. The highest BCUT2D eigenvalue weighted by Crippen LogP contribution is 2.40. The summed E-state index contributed by atoms with van der Waals surface area (Å²) in [6.07, 6.45) is -3.25. The fourth-order valence-electron chi connectivity index (χ4n) is 4.84. The number of aromatic nitrogens is 3. The van der Waals surface area contributed by atoms with Gasteiger partial charge in [0.15, 0.2) is 17.2 Å². The van der Waals surface area contributed by atoms with Crippen LogP contribution in [0.25, 0.3) is 5.65 Å². The first kappa shape index (κ1) is 27.4. The monoisotopic (exact) mass is 564 g/mol. The van der Waals surface area contributed by atoms with E-state index in [1.807, 2.05) is 13.1 Å². The maximum Gasteiger partial charge on any atom is 0.490 e. The zero-order chi connectivity index (χ0) is 28.6. The first-order valence-electron chi connectivity index (χ1n) is 12.7. The molecule has 214 valence electrons. The molecule has 4 heterocycles. The Morgan fingerprint density at radius 3 is 2.45 bits per heavy atom. The second-order valence-corrected chi connectivity index (χ2v) is 9.59. The number of benzene rings is 1. The molecule has 4 N–H and O–H groups in total. The lowest BCUT2D eigenvalue weighted by Crippen LogP contribution is -2.43. The van der Waals surface area contributed by atoms with E-state index in [9.17, 15) is 22.4 Å². The Labute approximate surface area is 226 Å². The van der Waals surface area contributed by atoms with Crippen LogP contribution in [0.15, 0.2) is 30.5 Å². The molecule has 1 saturated heterocycles. The number of carboxylic acids is 1. The zero-order valence-electron chi connectivity index (χ0n) is 21.5. The summed E-state index contributed by atoms with van der Waals surface area (Å²) in [6, 6.07) is 8.00. The molecule has 15 heteroatoms. The van der Waals surface area contributed by atoms with E-state index in [1.165, 1.54) is 17.4 Å². The number of hydrogen-bond donors (Lipinski definition) is 4. The van der Waals surface area contributed by atoms with Gasteiger partial charge in [-0.15, -0.1) is 5.10 Å². The van der Waals surface area contributed by atoms with E-state index in [1.54, 1.807) is 4.52 Å². The van der Waals surface area contributed by atoms with Gasteiger partial charge in [-0.2, -0.15) is 13.2 Å². The van der Waals surface area contributed by atoms with Crippen molar-refractivity contribution in [3.05, 3.63) is 41.7 Å². The largest absolute Gasteiger partial charge is 0.490 e. The minimum absolute atomic E-state index is 0.302. The number of alkyl halides is 4. The molecule has 2 aliphatic heterocycles. The summed E-state index contributed by atoms with van der Waals surface area (Å²) >= 11 is 0. The fourth-order valence-corrected chi connectivity index (χ4v) is 4.84. The van der Waals surface area contributed by atoms with E-state index < -0.39 is 24.4 Å². The summed E-state index contributed by atoms with van der Waals surface area (Å²) in [7, 11) is 1.83. The Morgan fingerprint density at radius 2 is 1.82 bits per heavy atom. The molecule has 1 saturated carbocycles. The molecule has 40 heavy (non-hydrogen) atoms. The molecule has 1 amide bonds. The Balaban J connectivity index is 0.000000411. The molecule has 1 aromatic carbocycles. The smallest absolute Gasteiger partial charge is 0.475 e. The molecular weight excluding hydrogens is 536 g/mol. The fraction of sp³-hybridized carbons (Fsp3) is 0.440. The number of carboxylic acid groups (broad SMARTS) is 1. The Hall–Kier alpha value is -4.14. The number of piperazine rings is 1. The van der Waals surface area contributed by atoms with E-state index in [0.717, 1.165) is 56.3 Å². The number of halogens is 4. The first-order chi connectivity index (χ1) is 19.1. The van der Waals surface area contributed by atoms with Crippen LogP contribution in [0.4, 0.5) is 40.4 Å². The lowest BCUT2D eigenvalue weighted by atomic mass is 10.1. The molecule has 0 radical (unpaired) electrons. The third-order valence-electron chi connectivity index (χ3n) is 6.97. The molecule has 6 rings (SSSR count). The normalized spacial score (nSPS) is 20.0. The van der Waals surface area contributed by atoms with Gasteiger partial charge in [-0.05, 0) is 18.6 Å². The van der Waals surface area contributed by atoms with Crippen LogP contribution in [0.1, 0.15) is 22.5 Å². The maximum atomic E-state index is 13.3. The van der Waals surface area contributed by atoms with Crippen molar-refractivity contribution in [2.45, 2.75) is 31.2 Å². The summed E-state index contributed by atoms with van der Waals surface area (Å²) in [5.74, 6) is -2.38. The first-order valence-corrected chi connectivity index (χ1v) is 12.7. The molecule has 0 bridgehead atoms. The molecule has 2 aromatic heterocycles. The van der Waals surface area contributed by atoms with Crippen molar-refractivity contribution in [1.82, 2.24) is 25.2 Å². The average molecular weight is 565 g/mol. The van der Waals surface area contributed by atoms with Crippen LogP contribution < -0.4 is 25.8 Å². The van der Waals surface area contributed by atoms with Crippen molar-refractivity contribution >= 4 is 40.4 Å².